The Kier molecular flexibility index (Phi) is 5.11. The summed E-state index contributed by atoms with van der Waals surface area (Å²) in [5.41, 5.74) is 1.28. The number of piperazine rings is 1. The van der Waals surface area contributed by atoms with Gasteiger partial charge in [0.05, 0.1) is 11.6 Å². The van der Waals surface area contributed by atoms with E-state index in [1.165, 1.54) is 12.1 Å². The normalized spacial score (nSPS) is 23.5. The van der Waals surface area contributed by atoms with E-state index in [0.29, 0.717) is 12.1 Å². The van der Waals surface area contributed by atoms with Crippen LogP contribution in [0.5, 0.6) is 5.75 Å². The standard InChI is InChI=1S/C15H23BrN2O/c1-4-11-10-18(12(5-2)9-17-11)13-6-7-15(19-3)14(16)8-13/h6-8,11-12,17H,4-5,9-10H2,1-3H3. The van der Waals surface area contributed by atoms with Crippen molar-refractivity contribution in [1.29, 1.82) is 0 Å². The molecule has 0 bridgehead atoms. The van der Waals surface area contributed by atoms with Crippen LogP contribution in [0.25, 0.3) is 0 Å². The number of methoxy groups -OCH3 is 1. The van der Waals surface area contributed by atoms with E-state index in [0.717, 1.165) is 29.7 Å². The molecular weight excluding hydrogens is 304 g/mol. The van der Waals surface area contributed by atoms with E-state index in [-0.39, 0.29) is 0 Å². The third-order valence-electron chi connectivity index (χ3n) is 3.93. The summed E-state index contributed by atoms with van der Waals surface area (Å²) in [4.78, 5) is 2.52. The van der Waals surface area contributed by atoms with Crippen molar-refractivity contribution >= 4 is 21.6 Å². The molecule has 0 spiro atoms. The molecule has 2 unspecified atom stereocenters. The molecule has 0 aliphatic carbocycles. The van der Waals surface area contributed by atoms with Crippen molar-refractivity contribution in [1.82, 2.24) is 5.32 Å². The smallest absolute Gasteiger partial charge is 0.133 e. The lowest BCUT2D eigenvalue weighted by Crippen LogP contribution is -2.56. The molecule has 19 heavy (non-hydrogen) atoms. The Labute approximate surface area is 124 Å². The van der Waals surface area contributed by atoms with Crippen molar-refractivity contribution in [3.8, 4) is 5.75 Å². The Morgan fingerprint density at radius 1 is 1.37 bits per heavy atom. The van der Waals surface area contributed by atoms with Gasteiger partial charge in [-0.1, -0.05) is 13.8 Å². The fourth-order valence-corrected chi connectivity index (χ4v) is 3.18. The minimum absolute atomic E-state index is 0.572. The van der Waals surface area contributed by atoms with Gasteiger partial charge in [0.15, 0.2) is 0 Å². The highest BCUT2D eigenvalue weighted by atomic mass is 79.9. The zero-order valence-corrected chi connectivity index (χ0v) is 13.5. The fourth-order valence-electron chi connectivity index (χ4n) is 2.65. The third kappa shape index (κ3) is 3.23. The first-order valence-electron chi connectivity index (χ1n) is 7.03. The van der Waals surface area contributed by atoms with Crippen LogP contribution in [0, 0.1) is 0 Å². The zero-order valence-electron chi connectivity index (χ0n) is 11.9. The first-order valence-corrected chi connectivity index (χ1v) is 7.82. The maximum Gasteiger partial charge on any atom is 0.133 e. The van der Waals surface area contributed by atoms with Crippen LogP contribution in [0.4, 0.5) is 5.69 Å². The molecule has 0 aromatic heterocycles. The molecule has 4 heteroatoms. The number of hydrogen-bond acceptors (Lipinski definition) is 3. The van der Waals surface area contributed by atoms with Crippen molar-refractivity contribution in [2.75, 3.05) is 25.1 Å². The summed E-state index contributed by atoms with van der Waals surface area (Å²) in [6.45, 7) is 6.64. The van der Waals surface area contributed by atoms with Crippen LogP contribution in [0.2, 0.25) is 0 Å². The monoisotopic (exact) mass is 326 g/mol. The van der Waals surface area contributed by atoms with Gasteiger partial charge in [0.2, 0.25) is 0 Å². The van der Waals surface area contributed by atoms with Gasteiger partial charge in [0.1, 0.15) is 5.75 Å². The third-order valence-corrected chi connectivity index (χ3v) is 4.55. The molecule has 1 N–H and O–H groups in total. The molecule has 3 nitrogen and oxygen atoms in total. The van der Waals surface area contributed by atoms with Crippen LogP contribution in [-0.2, 0) is 0 Å². The minimum atomic E-state index is 0.572. The number of hydrogen-bond donors (Lipinski definition) is 1. The second kappa shape index (κ2) is 6.62. The molecule has 1 fully saturated rings. The van der Waals surface area contributed by atoms with Gasteiger partial charge in [0, 0.05) is 30.9 Å². The number of anilines is 1. The van der Waals surface area contributed by atoms with Crippen LogP contribution in [0.3, 0.4) is 0 Å². The molecular formula is C15H23BrN2O. The second-order valence-electron chi connectivity index (χ2n) is 5.05. The largest absolute Gasteiger partial charge is 0.496 e. The molecule has 1 aliphatic rings. The minimum Gasteiger partial charge on any atom is -0.496 e. The van der Waals surface area contributed by atoms with Gasteiger partial charge in [-0.3, -0.25) is 0 Å². The average molecular weight is 327 g/mol. The van der Waals surface area contributed by atoms with Gasteiger partial charge >= 0.3 is 0 Å². The van der Waals surface area contributed by atoms with E-state index >= 15 is 0 Å². The first-order chi connectivity index (χ1) is 9.19. The van der Waals surface area contributed by atoms with Gasteiger partial charge in [-0.05, 0) is 47.0 Å². The molecule has 1 aromatic rings. The molecule has 1 saturated heterocycles. The molecule has 2 atom stereocenters. The topological polar surface area (TPSA) is 24.5 Å². The summed E-state index contributed by atoms with van der Waals surface area (Å²) in [6, 6.07) is 7.52. The van der Waals surface area contributed by atoms with Gasteiger partial charge in [0.25, 0.3) is 0 Å². The molecule has 0 radical (unpaired) electrons. The lowest BCUT2D eigenvalue weighted by atomic mass is 10.0. The Morgan fingerprint density at radius 3 is 2.74 bits per heavy atom. The van der Waals surface area contributed by atoms with E-state index in [4.69, 9.17) is 4.74 Å². The molecule has 0 saturated carbocycles. The second-order valence-corrected chi connectivity index (χ2v) is 5.90. The number of benzene rings is 1. The SMILES string of the molecule is CCC1CN(c2ccc(OC)c(Br)c2)C(CC)CN1. The van der Waals surface area contributed by atoms with Crippen LogP contribution >= 0.6 is 15.9 Å². The highest BCUT2D eigenvalue weighted by molar-refractivity contribution is 9.10. The first kappa shape index (κ1) is 14.7. The van der Waals surface area contributed by atoms with Gasteiger partial charge in [-0.25, -0.2) is 0 Å². The average Bonchev–Trinajstić information content (AvgIpc) is 2.46. The van der Waals surface area contributed by atoms with Crippen molar-refractivity contribution in [3.63, 3.8) is 0 Å². The van der Waals surface area contributed by atoms with Crippen molar-refractivity contribution in [3.05, 3.63) is 22.7 Å². The Hall–Kier alpha value is -0.740. The Balaban J connectivity index is 2.23. The number of halogens is 1. The zero-order chi connectivity index (χ0) is 13.8. The van der Waals surface area contributed by atoms with E-state index in [2.05, 4.69) is 52.1 Å². The molecule has 106 valence electrons. The van der Waals surface area contributed by atoms with E-state index < -0.39 is 0 Å². The number of rotatable bonds is 4. The quantitative estimate of drug-likeness (QED) is 0.917. The molecule has 1 heterocycles. The van der Waals surface area contributed by atoms with Crippen molar-refractivity contribution in [2.24, 2.45) is 0 Å². The van der Waals surface area contributed by atoms with Gasteiger partial charge in [-0.15, -0.1) is 0 Å². The predicted octanol–water partition coefficient (Wildman–Crippen LogP) is 3.42. The van der Waals surface area contributed by atoms with Crippen LogP contribution in [0.1, 0.15) is 26.7 Å². The van der Waals surface area contributed by atoms with Crippen LogP contribution < -0.4 is 15.0 Å². The summed E-state index contributed by atoms with van der Waals surface area (Å²) in [5.74, 6) is 0.888. The number of nitrogens with zero attached hydrogens (tertiary/aromatic N) is 1. The Morgan fingerprint density at radius 2 is 2.16 bits per heavy atom. The van der Waals surface area contributed by atoms with Crippen LogP contribution in [-0.4, -0.2) is 32.3 Å². The lowest BCUT2D eigenvalue weighted by Gasteiger charge is -2.41. The molecule has 0 amide bonds. The fraction of sp³-hybridized carbons (Fsp3) is 0.600. The summed E-state index contributed by atoms with van der Waals surface area (Å²) in [7, 11) is 1.70. The molecule has 2 rings (SSSR count). The summed E-state index contributed by atoms with van der Waals surface area (Å²) < 4.78 is 6.33. The van der Waals surface area contributed by atoms with Crippen LogP contribution in [0.15, 0.2) is 22.7 Å². The van der Waals surface area contributed by atoms with Gasteiger partial charge in [-0.2, -0.15) is 0 Å². The molecule has 1 aliphatic heterocycles. The highest BCUT2D eigenvalue weighted by Gasteiger charge is 2.26. The number of nitrogens with one attached hydrogen (secondary N) is 1. The molecule has 1 aromatic carbocycles. The predicted molar refractivity (Wildman–Crippen MR) is 84.2 cm³/mol. The lowest BCUT2D eigenvalue weighted by molar-refractivity contribution is 0.378. The van der Waals surface area contributed by atoms with E-state index in [1.54, 1.807) is 7.11 Å². The number of ether oxygens (including phenoxy) is 1. The van der Waals surface area contributed by atoms with E-state index in [1.807, 2.05) is 6.07 Å². The highest BCUT2D eigenvalue weighted by Crippen LogP contribution is 2.31. The van der Waals surface area contributed by atoms with Gasteiger partial charge < -0.3 is 15.0 Å². The maximum absolute atomic E-state index is 5.31. The van der Waals surface area contributed by atoms with E-state index in [9.17, 15) is 0 Å². The summed E-state index contributed by atoms with van der Waals surface area (Å²) in [5, 5.41) is 3.63. The summed E-state index contributed by atoms with van der Waals surface area (Å²) >= 11 is 3.58. The maximum atomic E-state index is 5.31. The van der Waals surface area contributed by atoms with Crippen molar-refractivity contribution < 1.29 is 4.74 Å². The summed E-state index contributed by atoms with van der Waals surface area (Å²) in [6.07, 6.45) is 2.33. The van der Waals surface area contributed by atoms with Crippen molar-refractivity contribution in [2.45, 2.75) is 38.8 Å². The Bertz CT molecular complexity index is 425.